The van der Waals surface area contributed by atoms with Gasteiger partial charge in [-0.15, -0.1) is 0 Å². The first-order valence-electron chi connectivity index (χ1n) is 9.06. The molecular weight excluding hydrogens is 403 g/mol. The fourth-order valence-electron chi connectivity index (χ4n) is 2.92. The van der Waals surface area contributed by atoms with Crippen LogP contribution in [0.15, 0.2) is 45.6 Å². The number of nitrogens with zero attached hydrogens (tertiary/aromatic N) is 1. The summed E-state index contributed by atoms with van der Waals surface area (Å²) in [5.41, 5.74) is -1.25. The Morgan fingerprint density at radius 1 is 1.07 bits per heavy atom. The topological polar surface area (TPSA) is 72.1 Å². The van der Waals surface area contributed by atoms with Crippen LogP contribution in [0.4, 0.5) is 13.2 Å². The van der Waals surface area contributed by atoms with Crippen molar-refractivity contribution < 1.29 is 32.2 Å². The molecule has 160 valence electrons. The predicted molar refractivity (Wildman–Crippen MR) is 104 cm³/mol. The lowest BCUT2D eigenvalue weighted by molar-refractivity contribution is -0.154. The maximum atomic E-state index is 13.7. The highest BCUT2D eigenvalue weighted by molar-refractivity contribution is 5.83. The van der Waals surface area contributed by atoms with E-state index in [0.717, 1.165) is 0 Å². The van der Waals surface area contributed by atoms with Crippen molar-refractivity contribution in [1.82, 2.24) is 4.90 Å². The summed E-state index contributed by atoms with van der Waals surface area (Å²) >= 11 is 0. The number of halogens is 3. The zero-order valence-corrected chi connectivity index (χ0v) is 16.5. The third kappa shape index (κ3) is 4.35. The molecule has 1 heterocycles. The van der Waals surface area contributed by atoms with Crippen molar-refractivity contribution in [3.63, 3.8) is 0 Å². The summed E-state index contributed by atoms with van der Waals surface area (Å²) in [7, 11) is 3.34. The first kappa shape index (κ1) is 21.5. The lowest BCUT2D eigenvalue weighted by atomic mass is 10.1. The molecule has 0 aliphatic carbocycles. The fraction of sp³-hybridized carbons (Fsp3) is 0.286. The quantitative estimate of drug-likeness (QED) is 0.616. The SMILES string of the molecule is CCOc1ccc(Oc2c(C(F)(F)F)oc3c(CN(C)C)c(O)ccc3c2=O)cc1. The van der Waals surface area contributed by atoms with E-state index in [4.69, 9.17) is 13.9 Å². The summed E-state index contributed by atoms with van der Waals surface area (Å²) in [6, 6.07) is 8.27. The van der Waals surface area contributed by atoms with Gasteiger partial charge in [-0.3, -0.25) is 4.79 Å². The van der Waals surface area contributed by atoms with E-state index in [-0.39, 0.29) is 34.6 Å². The summed E-state index contributed by atoms with van der Waals surface area (Å²) in [6.45, 7) is 2.29. The molecule has 1 aromatic heterocycles. The van der Waals surface area contributed by atoms with Crippen LogP contribution in [0.25, 0.3) is 11.0 Å². The highest BCUT2D eigenvalue weighted by Gasteiger charge is 2.41. The van der Waals surface area contributed by atoms with E-state index in [2.05, 4.69) is 0 Å². The minimum absolute atomic E-state index is 0.0166. The van der Waals surface area contributed by atoms with Crippen molar-refractivity contribution in [1.29, 1.82) is 0 Å². The third-order valence-corrected chi connectivity index (χ3v) is 4.18. The van der Waals surface area contributed by atoms with Crippen LogP contribution in [0, 0.1) is 0 Å². The molecule has 0 aliphatic rings. The van der Waals surface area contributed by atoms with Gasteiger partial charge in [0.15, 0.2) is 0 Å². The molecule has 9 heteroatoms. The van der Waals surface area contributed by atoms with Crippen molar-refractivity contribution in [3.05, 3.63) is 57.9 Å². The standard InChI is InChI=1S/C21H20F3NO5/c1-4-28-12-5-7-13(8-6-12)29-19-17(27)14-9-10-16(26)15(11-25(2)3)18(14)30-20(19)21(22,23)24/h5-10,26H,4,11H2,1-3H3. The number of phenols is 1. The molecular formula is C21H20F3NO5. The van der Waals surface area contributed by atoms with E-state index < -0.39 is 23.1 Å². The van der Waals surface area contributed by atoms with Gasteiger partial charge in [-0.2, -0.15) is 13.2 Å². The van der Waals surface area contributed by atoms with Crippen LogP contribution in [0.2, 0.25) is 0 Å². The van der Waals surface area contributed by atoms with Crippen molar-refractivity contribution in [2.45, 2.75) is 19.6 Å². The number of alkyl halides is 3. The van der Waals surface area contributed by atoms with Gasteiger partial charge in [0.05, 0.1) is 17.6 Å². The summed E-state index contributed by atoms with van der Waals surface area (Å²) in [4.78, 5) is 14.5. The Morgan fingerprint density at radius 2 is 1.70 bits per heavy atom. The lowest BCUT2D eigenvalue weighted by Gasteiger charge is -2.17. The smallest absolute Gasteiger partial charge is 0.453 e. The van der Waals surface area contributed by atoms with Crippen LogP contribution in [0.1, 0.15) is 18.2 Å². The Hall–Kier alpha value is -3.20. The summed E-state index contributed by atoms with van der Waals surface area (Å²) in [5, 5.41) is 9.98. The Balaban J connectivity index is 2.19. The van der Waals surface area contributed by atoms with Crippen molar-refractivity contribution in [2.24, 2.45) is 0 Å². The van der Waals surface area contributed by atoms with E-state index in [0.29, 0.717) is 12.4 Å². The van der Waals surface area contributed by atoms with Gasteiger partial charge >= 0.3 is 6.18 Å². The number of hydrogen-bond acceptors (Lipinski definition) is 6. The van der Waals surface area contributed by atoms with Gasteiger partial charge in [0.2, 0.25) is 11.2 Å². The van der Waals surface area contributed by atoms with Gasteiger partial charge in [0, 0.05) is 6.54 Å². The Kier molecular flexibility index (Phi) is 5.93. The molecule has 3 rings (SSSR count). The number of fused-ring (bicyclic) bond motifs is 1. The molecule has 6 nitrogen and oxygen atoms in total. The molecule has 3 aromatic rings. The second-order valence-electron chi connectivity index (χ2n) is 6.77. The molecule has 0 radical (unpaired) electrons. The first-order valence-corrected chi connectivity index (χ1v) is 9.06. The number of ether oxygens (including phenoxy) is 2. The molecule has 0 amide bonds. The van der Waals surface area contributed by atoms with E-state index in [9.17, 15) is 23.1 Å². The van der Waals surface area contributed by atoms with Gasteiger partial charge in [-0.05, 0) is 57.4 Å². The highest BCUT2D eigenvalue weighted by Crippen LogP contribution is 2.40. The predicted octanol–water partition coefficient (Wildman–Crippen LogP) is 4.77. The maximum absolute atomic E-state index is 13.7. The molecule has 0 unspecified atom stereocenters. The summed E-state index contributed by atoms with van der Waals surface area (Å²) in [5.74, 6) is -2.29. The normalized spacial score (nSPS) is 11.8. The molecule has 0 saturated heterocycles. The average Bonchev–Trinajstić information content (AvgIpc) is 2.66. The van der Waals surface area contributed by atoms with Crippen LogP contribution in [-0.2, 0) is 12.7 Å². The molecule has 0 fully saturated rings. The van der Waals surface area contributed by atoms with Crippen LogP contribution in [0.3, 0.4) is 0 Å². The van der Waals surface area contributed by atoms with Crippen LogP contribution in [-0.4, -0.2) is 30.7 Å². The number of phenolic OH excluding ortho intramolecular Hbond substituents is 1. The van der Waals surface area contributed by atoms with E-state index >= 15 is 0 Å². The van der Waals surface area contributed by atoms with Gasteiger partial charge in [0.25, 0.3) is 5.76 Å². The largest absolute Gasteiger partial charge is 0.507 e. The number of benzene rings is 2. The van der Waals surface area contributed by atoms with Crippen LogP contribution in [0.5, 0.6) is 23.0 Å². The highest BCUT2D eigenvalue weighted by atomic mass is 19.4. The minimum atomic E-state index is -4.99. The second kappa shape index (κ2) is 8.27. The van der Waals surface area contributed by atoms with Gasteiger partial charge in [-0.1, -0.05) is 0 Å². The summed E-state index contributed by atoms with van der Waals surface area (Å²) < 4.78 is 56.8. The van der Waals surface area contributed by atoms with Crippen LogP contribution < -0.4 is 14.9 Å². The zero-order chi connectivity index (χ0) is 22.1. The Labute approximate surface area is 170 Å². The van der Waals surface area contributed by atoms with Crippen LogP contribution >= 0.6 is 0 Å². The monoisotopic (exact) mass is 423 g/mol. The zero-order valence-electron chi connectivity index (χ0n) is 16.5. The van der Waals surface area contributed by atoms with Crippen molar-refractivity contribution in [2.75, 3.05) is 20.7 Å². The first-order chi connectivity index (χ1) is 14.1. The second-order valence-corrected chi connectivity index (χ2v) is 6.77. The Morgan fingerprint density at radius 3 is 2.27 bits per heavy atom. The molecule has 0 aliphatic heterocycles. The Bertz CT molecular complexity index is 1100. The molecule has 0 bridgehead atoms. The van der Waals surface area contributed by atoms with Gasteiger partial charge in [0.1, 0.15) is 22.8 Å². The lowest BCUT2D eigenvalue weighted by Crippen LogP contribution is -2.17. The average molecular weight is 423 g/mol. The van der Waals surface area contributed by atoms with Gasteiger partial charge in [-0.25, -0.2) is 0 Å². The van der Waals surface area contributed by atoms with Crippen molar-refractivity contribution in [3.8, 4) is 23.0 Å². The maximum Gasteiger partial charge on any atom is 0.453 e. The summed E-state index contributed by atoms with van der Waals surface area (Å²) in [6.07, 6.45) is -4.99. The molecule has 0 saturated carbocycles. The van der Waals surface area contributed by atoms with Gasteiger partial charge < -0.3 is 23.9 Å². The molecule has 1 N–H and O–H groups in total. The van der Waals surface area contributed by atoms with Crippen molar-refractivity contribution >= 4 is 11.0 Å². The van der Waals surface area contributed by atoms with E-state index in [1.807, 2.05) is 0 Å². The number of rotatable bonds is 6. The minimum Gasteiger partial charge on any atom is -0.507 e. The van der Waals surface area contributed by atoms with E-state index in [1.165, 1.54) is 36.4 Å². The number of hydrogen-bond donors (Lipinski definition) is 1. The molecule has 30 heavy (non-hydrogen) atoms. The fourth-order valence-corrected chi connectivity index (χ4v) is 2.92. The molecule has 0 atom stereocenters. The molecule has 0 spiro atoms. The third-order valence-electron chi connectivity index (χ3n) is 4.18. The van der Waals surface area contributed by atoms with E-state index in [1.54, 1.807) is 25.9 Å². The number of aromatic hydroxyl groups is 1. The molecule has 2 aromatic carbocycles.